The van der Waals surface area contributed by atoms with Crippen molar-refractivity contribution in [2.45, 2.75) is 64.1 Å². The van der Waals surface area contributed by atoms with Crippen LogP contribution < -0.4 is 5.32 Å². The zero-order valence-electron chi connectivity index (χ0n) is 13.6. The summed E-state index contributed by atoms with van der Waals surface area (Å²) in [6.45, 7) is 6.87. The topological polar surface area (TPSA) is 35.6 Å². The Morgan fingerprint density at radius 3 is 2.70 bits per heavy atom. The molecular weight excluding hydrogens is 250 g/mol. The van der Waals surface area contributed by atoms with E-state index in [0.717, 1.165) is 12.5 Å². The Kier molecular flexibility index (Phi) is 5.44. The number of carbonyl (C=O) groups excluding carboxylic acids is 1. The maximum absolute atomic E-state index is 12.3. The van der Waals surface area contributed by atoms with Crippen LogP contribution in [0.2, 0.25) is 0 Å². The van der Waals surface area contributed by atoms with E-state index in [0.29, 0.717) is 12.0 Å². The molecule has 3 unspecified atom stereocenters. The Morgan fingerprint density at radius 1 is 1.30 bits per heavy atom. The van der Waals surface area contributed by atoms with Gasteiger partial charge in [0.1, 0.15) is 0 Å². The zero-order chi connectivity index (χ0) is 14.7. The molecule has 4 nitrogen and oxygen atoms in total. The fraction of sp³-hybridized carbons (Fsp3) is 0.938. The minimum Gasteiger partial charge on any atom is -0.347 e. The molecule has 0 saturated carbocycles. The summed E-state index contributed by atoms with van der Waals surface area (Å²) in [6.07, 6.45) is 6.03. The minimum atomic E-state index is -0.0112. The summed E-state index contributed by atoms with van der Waals surface area (Å²) >= 11 is 0. The third-order valence-corrected chi connectivity index (χ3v) is 4.70. The first-order chi connectivity index (χ1) is 9.47. The van der Waals surface area contributed by atoms with E-state index in [1.807, 2.05) is 14.1 Å². The fourth-order valence-electron chi connectivity index (χ4n) is 3.68. The van der Waals surface area contributed by atoms with Gasteiger partial charge >= 0.3 is 0 Å². The molecule has 2 rings (SSSR count). The number of nitrogens with one attached hydrogen (secondary N) is 1. The molecule has 2 aliphatic rings. The molecule has 0 spiro atoms. The fourth-order valence-corrected chi connectivity index (χ4v) is 3.68. The van der Waals surface area contributed by atoms with Crippen molar-refractivity contribution in [3.05, 3.63) is 0 Å². The Labute approximate surface area is 123 Å². The molecule has 0 aromatic rings. The van der Waals surface area contributed by atoms with Crippen LogP contribution in [0.15, 0.2) is 0 Å². The van der Waals surface area contributed by atoms with E-state index in [1.165, 1.54) is 38.8 Å². The van der Waals surface area contributed by atoms with Crippen LogP contribution >= 0.6 is 0 Å². The predicted molar refractivity (Wildman–Crippen MR) is 82.7 cm³/mol. The summed E-state index contributed by atoms with van der Waals surface area (Å²) in [7, 11) is 3.72. The Balaban J connectivity index is 1.91. The van der Waals surface area contributed by atoms with Gasteiger partial charge in [-0.25, -0.2) is 0 Å². The molecule has 1 amide bonds. The summed E-state index contributed by atoms with van der Waals surface area (Å²) in [4.78, 5) is 16.7. The maximum atomic E-state index is 12.3. The molecule has 3 atom stereocenters. The first kappa shape index (κ1) is 15.8. The molecule has 0 bridgehead atoms. The molecule has 2 heterocycles. The van der Waals surface area contributed by atoms with Crippen molar-refractivity contribution in [1.82, 2.24) is 15.1 Å². The van der Waals surface area contributed by atoms with Crippen molar-refractivity contribution in [1.29, 1.82) is 0 Å². The number of hydrogen-bond donors (Lipinski definition) is 1. The largest absolute Gasteiger partial charge is 0.347 e. The van der Waals surface area contributed by atoms with Gasteiger partial charge in [-0.3, -0.25) is 4.79 Å². The van der Waals surface area contributed by atoms with Crippen LogP contribution in [-0.2, 0) is 4.79 Å². The van der Waals surface area contributed by atoms with E-state index < -0.39 is 0 Å². The molecular formula is C16H31N3O. The molecule has 4 heteroatoms. The van der Waals surface area contributed by atoms with Gasteiger partial charge in [0.25, 0.3) is 0 Å². The molecule has 2 saturated heterocycles. The summed E-state index contributed by atoms with van der Waals surface area (Å²) in [5.41, 5.74) is 0. The summed E-state index contributed by atoms with van der Waals surface area (Å²) < 4.78 is 0. The van der Waals surface area contributed by atoms with Crippen LogP contribution in [0, 0.1) is 5.92 Å². The molecule has 2 aliphatic heterocycles. The highest BCUT2D eigenvalue weighted by Gasteiger charge is 2.33. The minimum absolute atomic E-state index is 0.0112. The Hall–Kier alpha value is -0.610. The van der Waals surface area contributed by atoms with Gasteiger partial charge < -0.3 is 15.1 Å². The standard InChI is InChI=1S/C16H31N3O/c1-12(2)10-15(16(20)18(3)4)17-13-7-9-19-8-5-6-14(19)11-13/h12-15,17H,5-11H2,1-4H3. The quantitative estimate of drug-likeness (QED) is 0.833. The molecule has 116 valence electrons. The van der Waals surface area contributed by atoms with Crippen LogP contribution in [0.3, 0.4) is 0 Å². The number of carbonyl (C=O) groups is 1. The monoisotopic (exact) mass is 281 g/mol. The number of nitrogens with zero attached hydrogens (tertiary/aromatic N) is 2. The van der Waals surface area contributed by atoms with Gasteiger partial charge in [-0.05, 0) is 51.1 Å². The van der Waals surface area contributed by atoms with Gasteiger partial charge in [-0.15, -0.1) is 0 Å². The van der Waals surface area contributed by atoms with Gasteiger partial charge in [0, 0.05) is 26.2 Å². The average Bonchev–Trinajstić information content (AvgIpc) is 2.83. The second-order valence-corrected chi connectivity index (χ2v) is 7.13. The van der Waals surface area contributed by atoms with E-state index in [-0.39, 0.29) is 11.9 Å². The van der Waals surface area contributed by atoms with Crippen molar-refractivity contribution in [3.8, 4) is 0 Å². The lowest BCUT2D eigenvalue weighted by molar-refractivity contribution is -0.131. The SMILES string of the molecule is CC(C)CC(NC1CCN2CCCC2C1)C(=O)N(C)C. The first-order valence-corrected chi connectivity index (χ1v) is 8.18. The number of likely N-dealkylation sites (N-methyl/N-ethyl adjacent to an activating group) is 1. The Morgan fingerprint density at radius 2 is 2.05 bits per heavy atom. The summed E-state index contributed by atoms with van der Waals surface area (Å²) in [5.74, 6) is 0.774. The zero-order valence-corrected chi connectivity index (χ0v) is 13.6. The van der Waals surface area contributed by atoms with Crippen molar-refractivity contribution < 1.29 is 4.79 Å². The van der Waals surface area contributed by atoms with Gasteiger partial charge in [0.15, 0.2) is 0 Å². The lowest BCUT2D eigenvalue weighted by Crippen LogP contribution is -2.53. The highest BCUT2D eigenvalue weighted by atomic mass is 16.2. The van der Waals surface area contributed by atoms with E-state index in [4.69, 9.17) is 0 Å². The molecule has 20 heavy (non-hydrogen) atoms. The summed E-state index contributed by atoms with van der Waals surface area (Å²) in [5, 5.41) is 3.66. The number of rotatable bonds is 5. The van der Waals surface area contributed by atoms with Crippen LogP contribution in [0.4, 0.5) is 0 Å². The highest BCUT2D eigenvalue weighted by molar-refractivity contribution is 5.81. The molecule has 1 N–H and O–H groups in total. The second kappa shape index (κ2) is 6.90. The lowest BCUT2D eigenvalue weighted by Gasteiger charge is -2.37. The number of fused-ring (bicyclic) bond motifs is 1. The number of piperidine rings is 1. The van der Waals surface area contributed by atoms with E-state index in [1.54, 1.807) is 4.90 Å². The van der Waals surface area contributed by atoms with Crippen LogP contribution in [0.1, 0.15) is 46.0 Å². The lowest BCUT2D eigenvalue weighted by atomic mass is 9.95. The normalized spacial score (nSPS) is 28.4. The molecule has 0 radical (unpaired) electrons. The number of amides is 1. The van der Waals surface area contributed by atoms with Crippen molar-refractivity contribution in [2.75, 3.05) is 27.2 Å². The van der Waals surface area contributed by atoms with Crippen molar-refractivity contribution >= 4 is 5.91 Å². The highest BCUT2D eigenvalue weighted by Crippen LogP contribution is 2.27. The van der Waals surface area contributed by atoms with Crippen LogP contribution in [-0.4, -0.2) is 61.0 Å². The van der Waals surface area contributed by atoms with Gasteiger partial charge in [0.2, 0.25) is 5.91 Å². The predicted octanol–water partition coefficient (Wildman–Crippen LogP) is 1.71. The first-order valence-electron chi connectivity index (χ1n) is 8.18. The molecule has 0 aromatic carbocycles. The summed E-state index contributed by atoms with van der Waals surface area (Å²) in [6, 6.07) is 1.26. The Bertz CT molecular complexity index is 330. The van der Waals surface area contributed by atoms with E-state index in [2.05, 4.69) is 24.1 Å². The third-order valence-electron chi connectivity index (χ3n) is 4.70. The van der Waals surface area contributed by atoms with Crippen LogP contribution in [0.5, 0.6) is 0 Å². The molecule has 0 aromatic heterocycles. The van der Waals surface area contributed by atoms with E-state index in [9.17, 15) is 4.79 Å². The van der Waals surface area contributed by atoms with Gasteiger partial charge in [0.05, 0.1) is 6.04 Å². The molecule has 0 aliphatic carbocycles. The number of hydrogen-bond acceptors (Lipinski definition) is 3. The third kappa shape index (κ3) is 3.95. The maximum Gasteiger partial charge on any atom is 0.239 e. The van der Waals surface area contributed by atoms with E-state index >= 15 is 0 Å². The van der Waals surface area contributed by atoms with Gasteiger partial charge in [-0.1, -0.05) is 13.8 Å². The molecule has 2 fully saturated rings. The van der Waals surface area contributed by atoms with Crippen molar-refractivity contribution in [2.24, 2.45) is 5.92 Å². The van der Waals surface area contributed by atoms with Crippen LogP contribution in [0.25, 0.3) is 0 Å². The van der Waals surface area contributed by atoms with Crippen molar-refractivity contribution in [3.63, 3.8) is 0 Å². The van der Waals surface area contributed by atoms with Gasteiger partial charge in [-0.2, -0.15) is 0 Å². The average molecular weight is 281 g/mol. The smallest absolute Gasteiger partial charge is 0.239 e. The second-order valence-electron chi connectivity index (χ2n) is 7.13.